The summed E-state index contributed by atoms with van der Waals surface area (Å²) in [6.07, 6.45) is 2.73. The Balaban J connectivity index is 1.59. The average Bonchev–Trinajstić information content (AvgIpc) is 3.22. The molecule has 4 rings (SSSR count). The van der Waals surface area contributed by atoms with Crippen molar-refractivity contribution in [3.05, 3.63) is 93.9 Å². The van der Waals surface area contributed by atoms with E-state index in [-0.39, 0.29) is 12.5 Å². The average molecular weight is 512 g/mol. The number of amidine groups is 1. The minimum absolute atomic E-state index is 0.0633. The number of thioether (sulfide) groups is 1. The van der Waals surface area contributed by atoms with Gasteiger partial charge in [0.1, 0.15) is 6.61 Å². The molecule has 3 aromatic rings. The van der Waals surface area contributed by atoms with Crippen LogP contribution in [0.15, 0.2) is 76.6 Å². The zero-order chi connectivity index (χ0) is 26.2. The van der Waals surface area contributed by atoms with Crippen LogP contribution in [0.25, 0.3) is 6.08 Å². The Hall–Kier alpha value is -4.02. The summed E-state index contributed by atoms with van der Waals surface area (Å²) in [5.74, 6) is 1.10. The third-order valence-electron chi connectivity index (χ3n) is 5.88. The maximum Gasteiger partial charge on any atom is 0.266 e. The molecular weight excluding hydrogens is 482 g/mol. The molecule has 0 aromatic heterocycles. The van der Waals surface area contributed by atoms with Gasteiger partial charge in [-0.05, 0) is 73.5 Å². The molecule has 0 bridgehead atoms. The monoisotopic (exact) mass is 511 g/mol. The van der Waals surface area contributed by atoms with Gasteiger partial charge in [-0.3, -0.25) is 9.69 Å². The van der Waals surface area contributed by atoms with E-state index in [1.54, 1.807) is 11.0 Å². The molecular formula is C30H29N3O3S. The maximum absolute atomic E-state index is 13.2. The van der Waals surface area contributed by atoms with Crippen LogP contribution < -0.4 is 9.47 Å². The second kappa shape index (κ2) is 12.3. The fourth-order valence-corrected chi connectivity index (χ4v) is 5.01. The SMILES string of the molecule is CCOc1cc(/C=C2/SC(=Nc3ccccc3CC)N(CC)C2=O)ccc1OCc1ccccc1C#N. The Kier molecular flexibility index (Phi) is 8.65. The predicted molar refractivity (Wildman–Crippen MR) is 149 cm³/mol. The van der Waals surface area contributed by atoms with Crippen LogP contribution in [0, 0.1) is 11.3 Å². The van der Waals surface area contributed by atoms with E-state index in [0.29, 0.717) is 40.3 Å². The summed E-state index contributed by atoms with van der Waals surface area (Å²) in [5.41, 5.74) is 4.25. The van der Waals surface area contributed by atoms with Crippen LogP contribution in [-0.2, 0) is 17.8 Å². The number of rotatable bonds is 9. The van der Waals surface area contributed by atoms with Crippen molar-refractivity contribution in [3.63, 3.8) is 0 Å². The van der Waals surface area contributed by atoms with Crippen molar-refractivity contribution >= 4 is 34.6 Å². The molecule has 0 aliphatic carbocycles. The minimum atomic E-state index is -0.0633. The summed E-state index contributed by atoms with van der Waals surface area (Å²) in [6, 6.07) is 23.2. The van der Waals surface area contributed by atoms with Crippen molar-refractivity contribution in [1.29, 1.82) is 5.26 Å². The predicted octanol–water partition coefficient (Wildman–Crippen LogP) is 6.72. The number of nitrogens with zero attached hydrogens (tertiary/aromatic N) is 3. The summed E-state index contributed by atoms with van der Waals surface area (Å²) in [5, 5.41) is 10.0. The first-order chi connectivity index (χ1) is 18.1. The van der Waals surface area contributed by atoms with Crippen LogP contribution in [-0.4, -0.2) is 29.1 Å². The van der Waals surface area contributed by atoms with E-state index in [0.717, 1.165) is 28.8 Å². The third-order valence-corrected chi connectivity index (χ3v) is 6.89. The molecule has 1 aliphatic heterocycles. The quantitative estimate of drug-likeness (QED) is 0.298. The Morgan fingerprint density at radius 2 is 1.73 bits per heavy atom. The van der Waals surface area contributed by atoms with E-state index in [9.17, 15) is 10.1 Å². The molecule has 0 saturated carbocycles. The highest BCUT2D eigenvalue weighted by Crippen LogP contribution is 2.36. The lowest BCUT2D eigenvalue weighted by molar-refractivity contribution is -0.122. The number of carbonyl (C=O) groups is 1. The molecule has 1 fully saturated rings. The largest absolute Gasteiger partial charge is 0.490 e. The first-order valence-corrected chi connectivity index (χ1v) is 13.1. The molecule has 7 heteroatoms. The van der Waals surface area contributed by atoms with Crippen molar-refractivity contribution in [1.82, 2.24) is 4.90 Å². The lowest BCUT2D eigenvalue weighted by Gasteiger charge is -2.13. The summed E-state index contributed by atoms with van der Waals surface area (Å²) in [7, 11) is 0. The Bertz CT molecular complexity index is 1390. The molecule has 1 aliphatic rings. The lowest BCUT2D eigenvalue weighted by Crippen LogP contribution is -2.28. The summed E-state index contributed by atoms with van der Waals surface area (Å²) >= 11 is 1.38. The number of ether oxygens (including phenoxy) is 2. The normalized spacial score (nSPS) is 15.3. The summed E-state index contributed by atoms with van der Waals surface area (Å²) in [4.78, 5) is 20.3. The Labute approximate surface area is 222 Å². The van der Waals surface area contributed by atoms with Crippen LogP contribution in [0.5, 0.6) is 11.5 Å². The number of carbonyl (C=O) groups excluding carboxylic acids is 1. The van der Waals surface area contributed by atoms with Crippen LogP contribution >= 0.6 is 11.8 Å². The van der Waals surface area contributed by atoms with Gasteiger partial charge in [-0.25, -0.2) is 4.99 Å². The van der Waals surface area contributed by atoms with Crippen molar-refractivity contribution in [2.45, 2.75) is 33.8 Å². The number of amides is 1. The molecule has 0 radical (unpaired) electrons. The van der Waals surface area contributed by atoms with Crippen LogP contribution in [0.4, 0.5) is 5.69 Å². The zero-order valence-electron chi connectivity index (χ0n) is 21.2. The second-order valence-corrected chi connectivity index (χ2v) is 9.24. The number of aliphatic imine (C=N–C) groups is 1. The van der Waals surface area contributed by atoms with E-state index < -0.39 is 0 Å². The smallest absolute Gasteiger partial charge is 0.266 e. The second-order valence-electron chi connectivity index (χ2n) is 8.23. The van der Waals surface area contributed by atoms with Gasteiger partial charge in [0.25, 0.3) is 5.91 Å². The fourth-order valence-electron chi connectivity index (χ4n) is 3.96. The van der Waals surface area contributed by atoms with Gasteiger partial charge in [0.15, 0.2) is 16.7 Å². The number of nitriles is 1. The topological polar surface area (TPSA) is 74.9 Å². The van der Waals surface area contributed by atoms with Crippen LogP contribution in [0.1, 0.15) is 43.0 Å². The number of hydrogen-bond acceptors (Lipinski definition) is 6. The maximum atomic E-state index is 13.2. The van der Waals surface area contributed by atoms with E-state index in [2.05, 4.69) is 19.1 Å². The standard InChI is InChI=1S/C30H29N3O3S/c1-4-22-11-9-10-14-25(22)32-30-33(5-2)29(34)28(37-30)18-21-15-16-26(27(17-21)35-6-3)36-20-24-13-8-7-12-23(24)19-31/h7-18H,4-6,20H2,1-3H3/b28-18+,32-30?. The van der Waals surface area contributed by atoms with E-state index in [1.807, 2.05) is 74.5 Å². The van der Waals surface area contributed by atoms with Gasteiger partial charge in [0.05, 0.1) is 28.8 Å². The number of aryl methyl sites for hydroxylation is 1. The first-order valence-electron chi connectivity index (χ1n) is 12.3. The van der Waals surface area contributed by atoms with Crippen molar-refractivity contribution in [2.24, 2.45) is 4.99 Å². The third kappa shape index (κ3) is 6.04. The highest BCUT2D eigenvalue weighted by Gasteiger charge is 2.32. The van der Waals surface area contributed by atoms with Crippen LogP contribution in [0.2, 0.25) is 0 Å². The van der Waals surface area contributed by atoms with Crippen LogP contribution in [0.3, 0.4) is 0 Å². The molecule has 1 saturated heterocycles. The molecule has 0 unspecified atom stereocenters. The molecule has 1 amide bonds. The van der Waals surface area contributed by atoms with Gasteiger partial charge >= 0.3 is 0 Å². The Morgan fingerprint density at radius 1 is 0.973 bits per heavy atom. The molecule has 6 nitrogen and oxygen atoms in total. The zero-order valence-corrected chi connectivity index (χ0v) is 22.0. The van der Waals surface area contributed by atoms with Gasteiger partial charge < -0.3 is 9.47 Å². The molecule has 3 aromatic carbocycles. The number of para-hydroxylation sites is 1. The molecule has 37 heavy (non-hydrogen) atoms. The van der Waals surface area contributed by atoms with Crippen molar-refractivity contribution < 1.29 is 14.3 Å². The molecule has 0 N–H and O–H groups in total. The van der Waals surface area contributed by atoms with Crippen molar-refractivity contribution in [2.75, 3.05) is 13.2 Å². The van der Waals surface area contributed by atoms with E-state index >= 15 is 0 Å². The van der Waals surface area contributed by atoms with E-state index in [4.69, 9.17) is 14.5 Å². The Morgan fingerprint density at radius 3 is 2.46 bits per heavy atom. The van der Waals surface area contributed by atoms with Gasteiger partial charge in [0, 0.05) is 12.1 Å². The van der Waals surface area contributed by atoms with Gasteiger partial charge in [-0.1, -0.05) is 49.4 Å². The molecule has 1 heterocycles. The molecule has 188 valence electrons. The highest BCUT2D eigenvalue weighted by molar-refractivity contribution is 8.18. The highest BCUT2D eigenvalue weighted by atomic mass is 32.2. The van der Waals surface area contributed by atoms with Gasteiger partial charge in [-0.2, -0.15) is 5.26 Å². The molecule has 0 atom stereocenters. The summed E-state index contributed by atoms with van der Waals surface area (Å²) < 4.78 is 11.8. The van der Waals surface area contributed by atoms with Crippen molar-refractivity contribution in [3.8, 4) is 17.6 Å². The lowest BCUT2D eigenvalue weighted by atomic mass is 10.1. The number of benzene rings is 3. The number of likely N-dealkylation sites (N-methyl/N-ethyl adjacent to an activating group) is 1. The fraction of sp³-hybridized carbons (Fsp3) is 0.233. The van der Waals surface area contributed by atoms with E-state index in [1.165, 1.54) is 11.8 Å². The summed E-state index contributed by atoms with van der Waals surface area (Å²) in [6.45, 7) is 7.22. The minimum Gasteiger partial charge on any atom is -0.490 e. The molecule has 0 spiro atoms. The number of hydrogen-bond donors (Lipinski definition) is 0. The van der Waals surface area contributed by atoms with Gasteiger partial charge in [0.2, 0.25) is 0 Å². The van der Waals surface area contributed by atoms with Gasteiger partial charge in [-0.15, -0.1) is 0 Å². The first kappa shape index (κ1) is 26.1.